The van der Waals surface area contributed by atoms with Crippen LogP contribution in [-0.4, -0.2) is 23.9 Å². The first kappa shape index (κ1) is 9.15. The Morgan fingerprint density at radius 2 is 2.50 bits per heavy atom. The van der Waals surface area contributed by atoms with Crippen LogP contribution in [0.5, 0.6) is 0 Å². The van der Waals surface area contributed by atoms with Gasteiger partial charge in [-0.1, -0.05) is 6.08 Å². The lowest BCUT2D eigenvalue weighted by atomic mass is 10.2. The van der Waals surface area contributed by atoms with Gasteiger partial charge in [0.1, 0.15) is 0 Å². The third-order valence-corrected chi connectivity index (χ3v) is 1.05. The van der Waals surface area contributed by atoms with E-state index >= 15 is 0 Å². The van der Waals surface area contributed by atoms with E-state index < -0.39 is 12.2 Å². The number of aliphatic hydroxyl groups is 1. The van der Waals surface area contributed by atoms with Gasteiger partial charge in [-0.15, -0.1) is 6.58 Å². The van der Waals surface area contributed by atoms with Gasteiger partial charge in [0.2, 0.25) is 0 Å². The van der Waals surface area contributed by atoms with Crippen LogP contribution in [0.25, 0.3) is 0 Å². The van der Waals surface area contributed by atoms with E-state index in [0.717, 1.165) is 0 Å². The van der Waals surface area contributed by atoms with Crippen LogP contribution in [0, 0.1) is 11.3 Å². The predicted octanol–water partition coefficient (Wildman–Crippen LogP) is 0.462. The molecule has 0 amide bonds. The maximum atomic E-state index is 8.83. The molecular weight excluding hydrogens is 130 g/mol. The van der Waals surface area contributed by atoms with Gasteiger partial charge in [0.25, 0.3) is 0 Å². The summed E-state index contributed by atoms with van der Waals surface area (Å²) in [7, 11) is 0. The summed E-state index contributed by atoms with van der Waals surface area (Å²) < 4.78 is 4.95. The molecule has 0 fully saturated rings. The van der Waals surface area contributed by atoms with E-state index in [9.17, 15) is 0 Å². The summed E-state index contributed by atoms with van der Waals surface area (Å²) in [5.41, 5.74) is 0. The third kappa shape index (κ3) is 3.23. The quantitative estimate of drug-likeness (QED) is 0.457. The lowest BCUT2D eigenvalue weighted by Crippen LogP contribution is -2.24. The fourth-order valence-electron chi connectivity index (χ4n) is 0.416. The molecule has 0 saturated heterocycles. The zero-order chi connectivity index (χ0) is 7.98. The van der Waals surface area contributed by atoms with Gasteiger partial charge in [0.15, 0.2) is 6.10 Å². The highest BCUT2D eigenvalue weighted by Crippen LogP contribution is 1.96. The third-order valence-electron chi connectivity index (χ3n) is 1.05. The summed E-state index contributed by atoms with van der Waals surface area (Å²) in [5, 5.41) is 17.0. The van der Waals surface area contributed by atoms with E-state index in [0.29, 0.717) is 6.61 Å². The van der Waals surface area contributed by atoms with Crippen molar-refractivity contribution in [2.24, 2.45) is 0 Å². The molecule has 3 nitrogen and oxygen atoms in total. The molecule has 0 heterocycles. The van der Waals surface area contributed by atoms with E-state index in [-0.39, 0.29) is 0 Å². The van der Waals surface area contributed by atoms with Gasteiger partial charge in [-0.25, -0.2) is 0 Å². The van der Waals surface area contributed by atoms with E-state index in [1.165, 1.54) is 0 Å². The maximum absolute atomic E-state index is 8.83. The molecule has 0 saturated carbocycles. The molecule has 0 rings (SSSR count). The Balaban J connectivity index is 3.52. The van der Waals surface area contributed by atoms with Crippen molar-refractivity contribution in [1.29, 1.82) is 5.26 Å². The number of rotatable bonds is 4. The minimum Gasteiger partial charge on any atom is -0.375 e. The van der Waals surface area contributed by atoms with Crippen molar-refractivity contribution in [2.45, 2.75) is 19.1 Å². The summed E-state index contributed by atoms with van der Waals surface area (Å²) in [5.74, 6) is 0. The monoisotopic (exact) mass is 141 g/mol. The second kappa shape index (κ2) is 4.98. The van der Waals surface area contributed by atoms with Gasteiger partial charge in [-0.3, -0.25) is 0 Å². The molecule has 10 heavy (non-hydrogen) atoms. The van der Waals surface area contributed by atoms with Crippen LogP contribution in [0.1, 0.15) is 6.92 Å². The van der Waals surface area contributed by atoms with Gasteiger partial charge >= 0.3 is 0 Å². The van der Waals surface area contributed by atoms with E-state index in [1.807, 2.05) is 0 Å². The molecule has 0 aromatic rings. The fourth-order valence-corrected chi connectivity index (χ4v) is 0.416. The van der Waals surface area contributed by atoms with Crippen LogP contribution in [0.4, 0.5) is 0 Å². The molecule has 0 aliphatic rings. The minimum absolute atomic E-state index is 0.361. The Morgan fingerprint density at radius 1 is 1.90 bits per heavy atom. The highest BCUT2D eigenvalue weighted by Gasteiger charge is 2.11. The molecule has 0 radical (unpaired) electrons. The molecular formula is C7H11NO2. The standard InChI is InChI=1S/C7H11NO2/c1-3-4-10-6(2)7(9)5-8/h3,6-7,9H,1,4H2,2H3/t6-,7-/m0/s1. The number of hydrogen-bond acceptors (Lipinski definition) is 3. The second-order valence-electron chi connectivity index (χ2n) is 1.90. The number of nitrogens with zero attached hydrogens (tertiary/aromatic N) is 1. The largest absolute Gasteiger partial charge is 0.375 e. The van der Waals surface area contributed by atoms with Crippen LogP contribution in [0.2, 0.25) is 0 Å². The average Bonchev–Trinajstić information content (AvgIpc) is 1.98. The molecule has 0 aromatic heterocycles. The van der Waals surface area contributed by atoms with Crippen molar-refractivity contribution >= 4 is 0 Å². The van der Waals surface area contributed by atoms with Crippen LogP contribution in [0.15, 0.2) is 12.7 Å². The van der Waals surface area contributed by atoms with Gasteiger partial charge in [-0.05, 0) is 6.92 Å². The average molecular weight is 141 g/mol. The first-order valence-electron chi connectivity index (χ1n) is 3.02. The Kier molecular flexibility index (Phi) is 4.55. The Morgan fingerprint density at radius 3 is 2.90 bits per heavy atom. The number of hydrogen-bond donors (Lipinski definition) is 1. The number of aliphatic hydroxyl groups excluding tert-OH is 1. The van der Waals surface area contributed by atoms with Crippen molar-refractivity contribution in [1.82, 2.24) is 0 Å². The fraction of sp³-hybridized carbons (Fsp3) is 0.571. The molecule has 0 spiro atoms. The SMILES string of the molecule is C=CCO[C@@H](C)[C@@H](O)C#N. The summed E-state index contributed by atoms with van der Waals surface area (Å²) in [4.78, 5) is 0. The zero-order valence-corrected chi connectivity index (χ0v) is 5.95. The van der Waals surface area contributed by atoms with Gasteiger partial charge in [-0.2, -0.15) is 5.26 Å². The maximum Gasteiger partial charge on any atom is 0.166 e. The molecule has 3 heteroatoms. The van der Waals surface area contributed by atoms with Crippen molar-refractivity contribution < 1.29 is 9.84 Å². The van der Waals surface area contributed by atoms with E-state index in [1.54, 1.807) is 19.1 Å². The molecule has 56 valence electrons. The molecule has 2 atom stereocenters. The van der Waals surface area contributed by atoms with Crippen molar-refractivity contribution in [3.05, 3.63) is 12.7 Å². The molecule has 1 N–H and O–H groups in total. The molecule has 0 bridgehead atoms. The molecule has 0 unspecified atom stereocenters. The van der Waals surface area contributed by atoms with Crippen molar-refractivity contribution in [2.75, 3.05) is 6.61 Å². The highest BCUT2D eigenvalue weighted by molar-refractivity contribution is 4.87. The molecule has 0 aliphatic heterocycles. The molecule has 0 aliphatic carbocycles. The van der Waals surface area contributed by atoms with Crippen molar-refractivity contribution in [3.8, 4) is 6.07 Å². The van der Waals surface area contributed by atoms with Crippen molar-refractivity contribution in [3.63, 3.8) is 0 Å². The normalized spacial score (nSPS) is 15.3. The van der Waals surface area contributed by atoms with Gasteiger partial charge in [0.05, 0.1) is 18.8 Å². The Bertz CT molecular complexity index is 139. The van der Waals surface area contributed by atoms with E-state index in [2.05, 4.69) is 6.58 Å². The van der Waals surface area contributed by atoms with Crippen LogP contribution in [0.3, 0.4) is 0 Å². The summed E-state index contributed by atoms with van der Waals surface area (Å²) in [6, 6.07) is 1.67. The highest BCUT2D eigenvalue weighted by atomic mass is 16.5. The first-order chi connectivity index (χ1) is 4.72. The summed E-state index contributed by atoms with van der Waals surface area (Å²) >= 11 is 0. The van der Waals surface area contributed by atoms with E-state index in [4.69, 9.17) is 15.1 Å². The minimum atomic E-state index is -1.04. The first-order valence-corrected chi connectivity index (χ1v) is 3.02. The van der Waals surface area contributed by atoms with Gasteiger partial charge < -0.3 is 9.84 Å². The predicted molar refractivity (Wildman–Crippen MR) is 37.2 cm³/mol. The molecule has 0 aromatic carbocycles. The lowest BCUT2D eigenvalue weighted by Gasteiger charge is -2.11. The topological polar surface area (TPSA) is 53.2 Å². The smallest absolute Gasteiger partial charge is 0.166 e. The number of nitriles is 1. The summed E-state index contributed by atoms with van der Waals surface area (Å²) in [6.07, 6.45) is 0.0867. The zero-order valence-electron chi connectivity index (χ0n) is 5.95. The van der Waals surface area contributed by atoms with Gasteiger partial charge in [0, 0.05) is 0 Å². The number of ether oxygens (including phenoxy) is 1. The Labute approximate surface area is 60.5 Å². The summed E-state index contributed by atoms with van der Waals surface area (Å²) in [6.45, 7) is 5.43. The Hall–Kier alpha value is -0.850. The van der Waals surface area contributed by atoms with Crippen LogP contribution >= 0.6 is 0 Å². The lowest BCUT2D eigenvalue weighted by molar-refractivity contribution is 0.0106. The van der Waals surface area contributed by atoms with Crippen LogP contribution < -0.4 is 0 Å². The van der Waals surface area contributed by atoms with Crippen LogP contribution in [-0.2, 0) is 4.74 Å². The second-order valence-corrected chi connectivity index (χ2v) is 1.90.